The summed E-state index contributed by atoms with van der Waals surface area (Å²) < 4.78 is 19.6. The van der Waals surface area contributed by atoms with Crippen LogP contribution in [0.1, 0.15) is 30.1 Å². The van der Waals surface area contributed by atoms with Crippen molar-refractivity contribution in [3.8, 4) is 5.75 Å². The summed E-state index contributed by atoms with van der Waals surface area (Å²) in [6.45, 7) is 0.993. The van der Waals surface area contributed by atoms with E-state index in [0.29, 0.717) is 25.4 Å². The lowest BCUT2D eigenvalue weighted by molar-refractivity contribution is -0.141. The van der Waals surface area contributed by atoms with Crippen LogP contribution in [-0.4, -0.2) is 65.2 Å². The quantitative estimate of drug-likeness (QED) is 0.536. The van der Waals surface area contributed by atoms with Crippen LogP contribution in [0.4, 0.5) is 14.9 Å². The summed E-state index contributed by atoms with van der Waals surface area (Å²) in [5.74, 6) is 0.453. The molecule has 1 spiro atoms. The summed E-state index contributed by atoms with van der Waals surface area (Å²) >= 11 is 0. The van der Waals surface area contributed by atoms with Gasteiger partial charge in [0.15, 0.2) is 0 Å². The second kappa shape index (κ2) is 7.98. The lowest BCUT2D eigenvalue weighted by Crippen LogP contribution is -2.68. The number of carbonyl (C=O) groups excluding carboxylic acids is 2. The number of nitrogens with one attached hydrogen (secondary N) is 2. The van der Waals surface area contributed by atoms with Crippen molar-refractivity contribution < 1.29 is 23.8 Å². The molecule has 35 heavy (non-hydrogen) atoms. The van der Waals surface area contributed by atoms with Gasteiger partial charge in [0.1, 0.15) is 11.6 Å². The van der Waals surface area contributed by atoms with Gasteiger partial charge in [-0.3, -0.25) is 4.79 Å². The van der Waals surface area contributed by atoms with Gasteiger partial charge in [-0.25, -0.2) is 9.18 Å². The minimum absolute atomic E-state index is 0.0783. The van der Waals surface area contributed by atoms with E-state index in [1.165, 1.54) is 12.1 Å². The van der Waals surface area contributed by atoms with Crippen molar-refractivity contribution in [2.45, 2.75) is 24.3 Å². The number of anilines is 1. The van der Waals surface area contributed by atoms with Gasteiger partial charge in [-0.05, 0) is 42.7 Å². The van der Waals surface area contributed by atoms with E-state index < -0.39 is 23.3 Å². The number of amides is 3. The maximum atomic E-state index is 14.3. The first-order chi connectivity index (χ1) is 16.9. The number of likely N-dealkylation sites (tertiary alicyclic amines) is 1. The molecule has 1 aliphatic carbocycles. The number of nitrogens with zero attached hydrogens (tertiary/aromatic N) is 2. The summed E-state index contributed by atoms with van der Waals surface area (Å²) in [5, 5.41) is 14.0. The normalized spacial score (nSPS) is 20.5. The van der Waals surface area contributed by atoms with Crippen molar-refractivity contribution in [3.05, 3.63) is 59.5 Å². The molecule has 1 saturated heterocycles. The van der Waals surface area contributed by atoms with Gasteiger partial charge in [0.05, 0.1) is 30.9 Å². The molecule has 2 aliphatic heterocycles. The van der Waals surface area contributed by atoms with Crippen LogP contribution >= 0.6 is 0 Å². The monoisotopic (exact) mass is 478 g/mol. The molecule has 1 atom stereocenters. The zero-order valence-electron chi connectivity index (χ0n) is 19.4. The van der Waals surface area contributed by atoms with Crippen molar-refractivity contribution >= 4 is 28.5 Å². The number of ether oxygens (including phenoxy) is 1. The summed E-state index contributed by atoms with van der Waals surface area (Å²) in [7, 11) is 1.60. The highest BCUT2D eigenvalue weighted by Gasteiger charge is 2.56. The molecule has 6 rings (SSSR count). The highest BCUT2D eigenvalue weighted by molar-refractivity contribution is 5.93. The van der Waals surface area contributed by atoms with Crippen LogP contribution in [0, 0.1) is 11.7 Å². The molecule has 3 aromatic rings. The van der Waals surface area contributed by atoms with E-state index in [9.17, 15) is 19.1 Å². The molecule has 3 heterocycles. The molecule has 1 saturated carbocycles. The first-order valence-electron chi connectivity index (χ1n) is 11.9. The number of hydrogen-bond donors (Lipinski definition) is 3. The molecular weight excluding hydrogens is 451 g/mol. The van der Waals surface area contributed by atoms with Gasteiger partial charge in [-0.2, -0.15) is 0 Å². The lowest BCUT2D eigenvalue weighted by Gasteiger charge is -2.56. The highest BCUT2D eigenvalue weighted by Crippen LogP contribution is 2.49. The van der Waals surface area contributed by atoms with E-state index in [1.54, 1.807) is 24.1 Å². The standard InChI is InChI=1S/C26H27FN4O4/c1-35-16-8-9-17-20(10-16)28-23-21(11-32)31(25(34)29-19-5-3-2-4-18(19)27)14-26(22(17)23)12-30(13-26)24(33)15-6-7-15/h2-5,8-10,15,21,28,32H,6-7,11-14H2,1H3,(H,29,34)/t21-/m0/s1. The number of para-hydroxylation sites is 1. The number of fused-ring (bicyclic) bond motifs is 4. The first-order valence-corrected chi connectivity index (χ1v) is 11.9. The van der Waals surface area contributed by atoms with Gasteiger partial charge in [0, 0.05) is 48.2 Å². The Morgan fingerprint density at radius 3 is 2.66 bits per heavy atom. The predicted molar refractivity (Wildman–Crippen MR) is 128 cm³/mol. The number of methoxy groups -OCH3 is 1. The van der Waals surface area contributed by atoms with Gasteiger partial charge in [-0.1, -0.05) is 12.1 Å². The maximum Gasteiger partial charge on any atom is 0.322 e. The largest absolute Gasteiger partial charge is 0.497 e. The molecule has 182 valence electrons. The molecular formula is C26H27FN4O4. The Morgan fingerprint density at radius 1 is 1.20 bits per heavy atom. The molecule has 8 nitrogen and oxygen atoms in total. The number of aliphatic hydroxyl groups is 1. The van der Waals surface area contributed by atoms with Crippen molar-refractivity contribution in [1.82, 2.24) is 14.8 Å². The Labute approximate surface area is 201 Å². The number of aliphatic hydroxyl groups excluding tert-OH is 1. The predicted octanol–water partition coefficient (Wildman–Crippen LogP) is 3.39. The number of rotatable bonds is 4. The van der Waals surface area contributed by atoms with Gasteiger partial charge < -0.3 is 29.9 Å². The number of urea groups is 1. The smallest absolute Gasteiger partial charge is 0.322 e. The van der Waals surface area contributed by atoms with Crippen LogP contribution in [0.2, 0.25) is 0 Å². The number of aromatic amines is 1. The average Bonchev–Trinajstić information content (AvgIpc) is 3.62. The van der Waals surface area contributed by atoms with E-state index in [4.69, 9.17) is 4.74 Å². The number of aromatic nitrogens is 1. The fourth-order valence-electron chi connectivity index (χ4n) is 5.66. The van der Waals surface area contributed by atoms with E-state index >= 15 is 0 Å². The van der Waals surface area contributed by atoms with Crippen LogP contribution in [0.25, 0.3) is 10.9 Å². The number of halogens is 1. The van der Waals surface area contributed by atoms with Crippen molar-refractivity contribution in [2.24, 2.45) is 5.92 Å². The third-order valence-electron chi connectivity index (χ3n) is 7.52. The van der Waals surface area contributed by atoms with Crippen molar-refractivity contribution in [3.63, 3.8) is 0 Å². The summed E-state index contributed by atoms with van der Waals surface area (Å²) in [5.41, 5.74) is 2.21. The van der Waals surface area contributed by atoms with Gasteiger partial charge in [0.2, 0.25) is 5.91 Å². The van der Waals surface area contributed by atoms with Crippen molar-refractivity contribution in [1.29, 1.82) is 0 Å². The number of carbonyl (C=O) groups is 2. The molecule has 0 unspecified atom stereocenters. The third-order valence-corrected chi connectivity index (χ3v) is 7.52. The van der Waals surface area contributed by atoms with Crippen LogP contribution in [0.15, 0.2) is 42.5 Å². The highest BCUT2D eigenvalue weighted by atomic mass is 19.1. The van der Waals surface area contributed by atoms with Crippen LogP contribution < -0.4 is 10.1 Å². The Hall–Kier alpha value is -3.59. The van der Waals surface area contributed by atoms with Crippen LogP contribution in [0.3, 0.4) is 0 Å². The van der Waals surface area contributed by atoms with E-state index in [-0.39, 0.29) is 24.1 Å². The maximum absolute atomic E-state index is 14.3. The lowest BCUT2D eigenvalue weighted by atomic mass is 9.68. The third kappa shape index (κ3) is 3.44. The molecule has 1 aromatic heterocycles. The second-order valence-electron chi connectivity index (χ2n) is 9.81. The van der Waals surface area contributed by atoms with E-state index in [0.717, 1.165) is 35.0 Å². The number of H-pyrrole nitrogens is 1. The van der Waals surface area contributed by atoms with Gasteiger partial charge in [-0.15, -0.1) is 0 Å². The molecule has 3 N–H and O–H groups in total. The van der Waals surface area contributed by atoms with Gasteiger partial charge in [0.25, 0.3) is 0 Å². The molecule has 2 aromatic carbocycles. The Bertz CT molecular complexity index is 1330. The molecule has 0 bridgehead atoms. The summed E-state index contributed by atoms with van der Waals surface area (Å²) in [6, 6.07) is 10.6. The van der Waals surface area contributed by atoms with E-state index in [2.05, 4.69) is 10.3 Å². The van der Waals surface area contributed by atoms with Crippen molar-refractivity contribution in [2.75, 3.05) is 38.7 Å². The molecule has 0 radical (unpaired) electrons. The number of benzene rings is 2. The minimum atomic E-state index is -0.644. The molecule has 9 heteroatoms. The van der Waals surface area contributed by atoms with Crippen LogP contribution in [-0.2, 0) is 10.2 Å². The minimum Gasteiger partial charge on any atom is -0.497 e. The Morgan fingerprint density at radius 2 is 1.97 bits per heavy atom. The summed E-state index contributed by atoms with van der Waals surface area (Å²) in [4.78, 5) is 33.0. The van der Waals surface area contributed by atoms with E-state index in [1.807, 2.05) is 23.1 Å². The second-order valence-corrected chi connectivity index (χ2v) is 9.81. The van der Waals surface area contributed by atoms with Gasteiger partial charge >= 0.3 is 6.03 Å². The molecule has 2 fully saturated rings. The fraction of sp³-hybridized carbons (Fsp3) is 0.385. The average molecular weight is 479 g/mol. The summed E-state index contributed by atoms with van der Waals surface area (Å²) in [6.07, 6.45) is 1.87. The fourth-order valence-corrected chi connectivity index (χ4v) is 5.66. The van der Waals surface area contributed by atoms with Crippen LogP contribution in [0.5, 0.6) is 5.75 Å². The zero-order valence-corrected chi connectivity index (χ0v) is 19.4. The Kier molecular flexibility index (Phi) is 5.00. The molecule has 3 amide bonds. The first kappa shape index (κ1) is 21.9. The zero-order chi connectivity index (χ0) is 24.3. The number of hydrogen-bond acceptors (Lipinski definition) is 4. The molecule has 3 aliphatic rings. The SMILES string of the molecule is COc1ccc2c3c([nH]c2c1)[C@H](CO)N(C(=O)Nc1ccccc1F)CC31CN(C(=O)C2CC2)C1. The topological polar surface area (TPSA) is 97.9 Å². The Balaban J connectivity index is 1.41.